The van der Waals surface area contributed by atoms with Crippen LogP contribution in [0.4, 0.5) is 11.4 Å². The van der Waals surface area contributed by atoms with Crippen LogP contribution in [0.1, 0.15) is 33.5 Å². The SMILES string of the molecule is Cc1ccc(N2C(=O)/C(=C\c3ccc(N(C)CCC#N)cc3)c3ccccc3C2=O)cc1. The largest absolute Gasteiger partial charge is 0.374 e. The Labute approximate surface area is 187 Å². The Morgan fingerprint density at radius 1 is 0.906 bits per heavy atom. The second-order valence-corrected chi connectivity index (χ2v) is 7.81. The van der Waals surface area contributed by atoms with E-state index in [9.17, 15) is 9.59 Å². The first-order chi connectivity index (χ1) is 15.5. The molecule has 0 bridgehead atoms. The van der Waals surface area contributed by atoms with Gasteiger partial charge in [0.1, 0.15) is 0 Å². The van der Waals surface area contributed by atoms with Crippen molar-refractivity contribution in [3.8, 4) is 6.07 Å². The van der Waals surface area contributed by atoms with Crippen LogP contribution in [0.25, 0.3) is 11.6 Å². The minimum Gasteiger partial charge on any atom is -0.374 e. The molecule has 1 aliphatic heterocycles. The van der Waals surface area contributed by atoms with Gasteiger partial charge in [0.25, 0.3) is 11.8 Å². The van der Waals surface area contributed by atoms with E-state index in [-0.39, 0.29) is 11.8 Å². The fourth-order valence-corrected chi connectivity index (χ4v) is 3.76. The molecule has 1 heterocycles. The second kappa shape index (κ2) is 8.91. The zero-order chi connectivity index (χ0) is 22.7. The van der Waals surface area contributed by atoms with Crippen LogP contribution in [0, 0.1) is 18.3 Å². The summed E-state index contributed by atoms with van der Waals surface area (Å²) in [5.74, 6) is -0.658. The maximum Gasteiger partial charge on any atom is 0.265 e. The van der Waals surface area contributed by atoms with Gasteiger partial charge in [0, 0.05) is 30.4 Å². The number of aryl methyl sites for hydroxylation is 1. The highest BCUT2D eigenvalue weighted by Gasteiger charge is 2.35. The smallest absolute Gasteiger partial charge is 0.265 e. The number of nitriles is 1. The number of rotatable bonds is 5. The van der Waals surface area contributed by atoms with Gasteiger partial charge < -0.3 is 4.90 Å². The van der Waals surface area contributed by atoms with Crippen molar-refractivity contribution < 1.29 is 9.59 Å². The third-order valence-electron chi connectivity index (χ3n) is 5.58. The summed E-state index contributed by atoms with van der Waals surface area (Å²) in [6.45, 7) is 2.61. The Bertz CT molecular complexity index is 1240. The lowest BCUT2D eigenvalue weighted by Crippen LogP contribution is -2.41. The summed E-state index contributed by atoms with van der Waals surface area (Å²) < 4.78 is 0. The molecule has 1 aliphatic rings. The van der Waals surface area contributed by atoms with Gasteiger partial charge in [-0.3, -0.25) is 9.59 Å². The quantitative estimate of drug-likeness (QED) is 0.426. The average Bonchev–Trinajstić information content (AvgIpc) is 2.82. The fraction of sp³-hybridized carbons (Fsp3) is 0.148. The predicted octanol–water partition coefficient (Wildman–Crippen LogP) is 5.07. The fourth-order valence-electron chi connectivity index (χ4n) is 3.76. The summed E-state index contributed by atoms with van der Waals surface area (Å²) in [5, 5.41) is 8.79. The van der Waals surface area contributed by atoms with Crippen LogP contribution in [-0.2, 0) is 4.79 Å². The lowest BCUT2D eigenvalue weighted by Gasteiger charge is -2.28. The maximum absolute atomic E-state index is 13.5. The van der Waals surface area contributed by atoms with Crippen molar-refractivity contribution in [2.24, 2.45) is 0 Å². The molecule has 0 spiro atoms. The van der Waals surface area contributed by atoms with Gasteiger partial charge in [-0.05, 0) is 54.5 Å². The Hall–Kier alpha value is -4.17. The van der Waals surface area contributed by atoms with Crippen LogP contribution < -0.4 is 9.80 Å². The topological polar surface area (TPSA) is 64.4 Å². The van der Waals surface area contributed by atoms with E-state index >= 15 is 0 Å². The van der Waals surface area contributed by atoms with E-state index < -0.39 is 0 Å². The minimum atomic E-state index is -0.340. The lowest BCUT2D eigenvalue weighted by atomic mass is 9.91. The summed E-state index contributed by atoms with van der Waals surface area (Å²) in [5.41, 5.74) is 5.09. The standard InChI is InChI=1S/C27H23N3O2/c1-19-8-12-22(13-9-19)30-26(31)24-7-4-3-6-23(24)25(27(30)32)18-20-10-14-21(15-11-20)29(2)17-5-16-28/h3-4,6-15,18H,5,17H2,1-2H3/b25-18-. The number of imide groups is 1. The van der Waals surface area contributed by atoms with Crippen LogP contribution >= 0.6 is 0 Å². The van der Waals surface area contributed by atoms with E-state index in [4.69, 9.17) is 5.26 Å². The Morgan fingerprint density at radius 2 is 1.56 bits per heavy atom. The molecule has 3 aromatic rings. The molecule has 4 rings (SSSR count). The van der Waals surface area contributed by atoms with Crippen molar-refractivity contribution in [2.45, 2.75) is 13.3 Å². The van der Waals surface area contributed by atoms with Crippen LogP contribution in [0.15, 0.2) is 72.8 Å². The van der Waals surface area contributed by atoms with Gasteiger partial charge in [-0.2, -0.15) is 5.26 Å². The van der Waals surface area contributed by atoms with E-state index in [0.717, 1.165) is 16.8 Å². The van der Waals surface area contributed by atoms with Crippen molar-refractivity contribution in [1.82, 2.24) is 0 Å². The second-order valence-electron chi connectivity index (χ2n) is 7.81. The van der Waals surface area contributed by atoms with Crippen molar-refractivity contribution in [1.29, 1.82) is 5.26 Å². The molecule has 32 heavy (non-hydrogen) atoms. The molecular formula is C27H23N3O2. The van der Waals surface area contributed by atoms with Gasteiger partial charge in [0.05, 0.1) is 18.2 Å². The number of fused-ring (bicyclic) bond motifs is 1. The number of nitrogens with zero attached hydrogens (tertiary/aromatic N) is 3. The highest BCUT2D eigenvalue weighted by Crippen LogP contribution is 2.33. The third-order valence-corrected chi connectivity index (χ3v) is 5.58. The third kappa shape index (κ3) is 4.03. The predicted molar refractivity (Wildman–Crippen MR) is 127 cm³/mol. The highest BCUT2D eigenvalue weighted by molar-refractivity contribution is 6.43. The zero-order valence-corrected chi connectivity index (χ0v) is 18.1. The summed E-state index contributed by atoms with van der Waals surface area (Å²) in [6.07, 6.45) is 2.28. The van der Waals surface area contributed by atoms with Crippen molar-refractivity contribution >= 4 is 34.8 Å². The number of amides is 2. The van der Waals surface area contributed by atoms with E-state index in [0.29, 0.717) is 35.4 Å². The first-order valence-corrected chi connectivity index (χ1v) is 10.4. The normalized spacial score (nSPS) is 14.3. The number of hydrogen-bond donors (Lipinski definition) is 0. The van der Waals surface area contributed by atoms with E-state index in [1.165, 1.54) is 4.90 Å². The molecule has 0 saturated carbocycles. The molecule has 5 heteroatoms. The molecular weight excluding hydrogens is 398 g/mol. The number of carbonyl (C=O) groups is 2. The van der Waals surface area contributed by atoms with Gasteiger partial charge >= 0.3 is 0 Å². The van der Waals surface area contributed by atoms with Crippen LogP contribution in [0.5, 0.6) is 0 Å². The van der Waals surface area contributed by atoms with E-state index in [1.54, 1.807) is 18.2 Å². The number of anilines is 2. The Balaban J connectivity index is 1.74. The number of carbonyl (C=O) groups excluding carboxylic acids is 2. The minimum absolute atomic E-state index is 0.318. The maximum atomic E-state index is 13.5. The molecule has 0 radical (unpaired) electrons. The molecule has 0 atom stereocenters. The molecule has 0 saturated heterocycles. The highest BCUT2D eigenvalue weighted by atomic mass is 16.2. The van der Waals surface area contributed by atoms with Crippen LogP contribution in [-0.4, -0.2) is 25.4 Å². The van der Waals surface area contributed by atoms with Crippen LogP contribution in [0.2, 0.25) is 0 Å². The summed E-state index contributed by atoms with van der Waals surface area (Å²) in [7, 11) is 1.94. The van der Waals surface area contributed by atoms with Gasteiger partial charge in [0.2, 0.25) is 0 Å². The molecule has 0 N–H and O–H groups in total. The molecule has 0 fully saturated rings. The van der Waals surface area contributed by atoms with Crippen molar-refractivity contribution in [3.63, 3.8) is 0 Å². The van der Waals surface area contributed by atoms with E-state index in [1.807, 2.05) is 79.5 Å². The molecule has 0 unspecified atom stereocenters. The summed E-state index contributed by atoms with van der Waals surface area (Å²) in [4.78, 5) is 29.9. The Morgan fingerprint density at radius 3 is 2.22 bits per heavy atom. The van der Waals surface area contributed by atoms with Crippen LogP contribution in [0.3, 0.4) is 0 Å². The first kappa shape index (κ1) is 21.1. The Kier molecular flexibility index (Phi) is 5.87. The molecule has 0 aliphatic carbocycles. The first-order valence-electron chi connectivity index (χ1n) is 10.4. The van der Waals surface area contributed by atoms with E-state index in [2.05, 4.69) is 6.07 Å². The molecule has 158 valence electrons. The van der Waals surface area contributed by atoms with Gasteiger partial charge in [-0.15, -0.1) is 0 Å². The zero-order valence-electron chi connectivity index (χ0n) is 18.1. The summed E-state index contributed by atoms with van der Waals surface area (Å²) >= 11 is 0. The molecule has 0 aromatic heterocycles. The number of hydrogen-bond acceptors (Lipinski definition) is 4. The monoisotopic (exact) mass is 421 g/mol. The average molecular weight is 422 g/mol. The van der Waals surface area contributed by atoms with Crippen molar-refractivity contribution in [2.75, 3.05) is 23.4 Å². The van der Waals surface area contributed by atoms with Gasteiger partial charge in [-0.25, -0.2) is 4.90 Å². The summed E-state index contributed by atoms with van der Waals surface area (Å²) in [6, 6.07) is 24.5. The molecule has 2 amide bonds. The number of benzene rings is 3. The van der Waals surface area contributed by atoms with Gasteiger partial charge in [-0.1, -0.05) is 48.0 Å². The molecule has 3 aromatic carbocycles. The lowest BCUT2D eigenvalue weighted by molar-refractivity contribution is -0.112. The van der Waals surface area contributed by atoms with Crippen molar-refractivity contribution in [3.05, 3.63) is 95.1 Å². The molecule has 5 nitrogen and oxygen atoms in total. The van der Waals surface area contributed by atoms with Gasteiger partial charge in [0.15, 0.2) is 0 Å².